The van der Waals surface area contributed by atoms with Crippen LogP contribution in [0.4, 0.5) is 81.4 Å². The molecule has 6 nitrogen and oxygen atoms in total. The van der Waals surface area contributed by atoms with Crippen LogP contribution in [0.25, 0.3) is 73.9 Å². The van der Waals surface area contributed by atoms with Gasteiger partial charge in [-0.2, -0.15) is 0 Å². The van der Waals surface area contributed by atoms with Crippen molar-refractivity contribution < 1.29 is 22.6 Å². The van der Waals surface area contributed by atoms with Gasteiger partial charge in [0.15, 0.2) is 0 Å². The number of nitrogens with zero attached hydrogens (tertiary/aromatic N) is 4. The molecule has 25 rings (SSSR count). The average molecular weight is 1940 g/mol. The number of hydrogen-bond acceptors (Lipinski definition) is 6. The number of para-hydroxylation sites is 2. The fraction of sp³-hybridized carbons (Fsp3) is 0.0213. The molecule has 2 unspecified atom stereocenters. The van der Waals surface area contributed by atoms with Gasteiger partial charge in [-0.25, -0.2) is 13.2 Å². The first-order chi connectivity index (χ1) is 73.9. The first kappa shape index (κ1) is 91.8. The predicted octanol–water partition coefficient (Wildman–Crippen LogP) is 37.9. The number of rotatable bonds is 27. The highest BCUT2D eigenvalue weighted by molar-refractivity contribution is 5.96. The minimum atomic E-state index is -1.02. The summed E-state index contributed by atoms with van der Waals surface area (Å²) in [6, 6.07) is 184. The first-order valence-electron chi connectivity index (χ1n) is 50.5. The molecule has 0 spiro atoms. The van der Waals surface area contributed by atoms with E-state index in [9.17, 15) is 0 Å². The van der Waals surface area contributed by atoms with Gasteiger partial charge in [0.2, 0.25) is 0 Å². The second kappa shape index (κ2) is 38.6. The van der Waals surface area contributed by atoms with Gasteiger partial charge in [-0.1, -0.05) is 341 Å². The van der Waals surface area contributed by atoms with Crippen LogP contribution in [0.15, 0.2) is 554 Å². The quantitative estimate of drug-likeness (QED) is 0.0510. The largest absolute Gasteiger partial charge is 0.457 e. The molecule has 714 valence electrons. The lowest BCUT2D eigenvalue weighted by atomic mass is 9.67. The zero-order chi connectivity index (χ0) is 101. The normalized spacial score (nSPS) is 14.7. The maximum absolute atomic E-state index is 16.0. The van der Waals surface area contributed by atoms with Crippen molar-refractivity contribution in [2.45, 2.75) is 16.2 Å². The number of fused-ring (bicyclic) bond motifs is 9. The maximum Gasteiger partial charge on any atom is 0.127 e. The van der Waals surface area contributed by atoms with Crippen LogP contribution in [0.5, 0.6) is 23.0 Å². The van der Waals surface area contributed by atoms with Gasteiger partial charge in [-0.15, -0.1) is 0 Å². The lowest BCUT2D eigenvalue weighted by molar-refractivity contribution is 0.482. The van der Waals surface area contributed by atoms with Gasteiger partial charge in [0, 0.05) is 68.2 Å². The lowest BCUT2D eigenvalue weighted by Crippen LogP contribution is -2.29. The van der Waals surface area contributed by atoms with E-state index in [0.29, 0.717) is 0 Å². The third-order valence-corrected chi connectivity index (χ3v) is 30.1. The Morgan fingerprint density at radius 1 is 0.167 bits per heavy atom. The van der Waals surface area contributed by atoms with E-state index in [0.717, 1.165) is 219 Å². The lowest BCUT2D eigenvalue weighted by Gasteiger charge is -2.36. The smallest absolute Gasteiger partial charge is 0.127 e. The minimum absolute atomic E-state index is 0.323. The summed E-state index contributed by atoms with van der Waals surface area (Å²) in [5.41, 5.74) is 35.0. The molecule has 0 aromatic heterocycles. The molecule has 22 aromatic carbocycles. The zero-order valence-corrected chi connectivity index (χ0v) is 81.9. The number of hydrogen-bond donors (Lipinski definition) is 0. The molecule has 150 heavy (non-hydrogen) atoms. The van der Waals surface area contributed by atoms with E-state index >= 15 is 13.2 Å². The number of halogens is 3. The third-order valence-electron chi connectivity index (χ3n) is 30.1. The van der Waals surface area contributed by atoms with Crippen LogP contribution in [0.3, 0.4) is 0 Å². The van der Waals surface area contributed by atoms with Crippen LogP contribution >= 0.6 is 0 Å². The van der Waals surface area contributed by atoms with Gasteiger partial charge in [0.05, 0.1) is 16.2 Å². The molecule has 0 heterocycles. The molecular formula is C141H97F3N4O2. The molecule has 2 atom stereocenters. The molecule has 3 aliphatic carbocycles. The second-order valence-corrected chi connectivity index (χ2v) is 38.3. The van der Waals surface area contributed by atoms with Gasteiger partial charge in [-0.3, -0.25) is 0 Å². The SMILES string of the molecule is C=Cc1ccc(Oc2ccc(C3(c4ccccc4)c4ccccc4-c4ccc(N(c5ccc(F)cc5)c5ccc(-c6ccc(N(c7ccccc7)c7ccc8c(c7)C(c7ccc(F)cc7)(c7ccc(C=C)cc7)c7cc(N(c9ccccc9)c9ccc(-c%10ccc(N(c%11ccc(F)cc%11)c%11ccc%12c(c%11)C(c%11ccccc%11)(c%11ccc(Oc%13ccc(C=C)cc%13)cc%11)c%11ccccc%11-%12)cc%10)cc9)ccc7-8)cc6)cc5)cc43)cc2)cc1. The van der Waals surface area contributed by atoms with E-state index in [1.807, 2.05) is 115 Å². The van der Waals surface area contributed by atoms with Crippen LogP contribution in [-0.2, 0) is 16.2 Å². The maximum atomic E-state index is 16.0. The molecule has 3 aliphatic rings. The van der Waals surface area contributed by atoms with Crippen molar-refractivity contribution in [1.82, 2.24) is 0 Å². The van der Waals surface area contributed by atoms with Gasteiger partial charge in [0.25, 0.3) is 0 Å². The Bertz CT molecular complexity index is 8340. The summed E-state index contributed by atoms with van der Waals surface area (Å²) in [5, 5.41) is 0. The van der Waals surface area contributed by atoms with Gasteiger partial charge in [-0.05, 0) is 370 Å². The number of benzene rings is 22. The minimum Gasteiger partial charge on any atom is -0.457 e. The standard InChI is InChI=1S/C141H97F3N4O2/c1-4-95-35-49-104(50-36-95)141(105-51-57-108(142)58-52-105)137-93-119(145(111-27-15-9-16-28-111)113-63-41-98(42-64-113)100-45-67-115(68-46-100)147(117-71-59-109(143)60-72-117)121-75-87-129-127-31-19-21-33-133(127)139(135(129)91-121,102-23-11-7-12-24-102)106-53-83-125(84-54-106)149-123-79-37-96(5-2)38-80-123)77-89-131(137)132-90-78-120(94-138(132)141)146(112-29-17-10-18-30-112)114-65-43-99(44-66-114)101-47-69-116(70-48-101)148(118-73-61-110(144)62-74-118)122-76-88-130-128-32-20-22-34-134(128)140(136(130)92-122,103-25-13-8-14-26-103)107-55-85-126(86-56-107)150-124-81-39-97(6-3)40-82-124/h4-94H,1-3H2. The molecular weight excluding hydrogens is 1840 g/mol. The molecule has 22 aromatic rings. The molecule has 0 fully saturated rings. The Labute approximate surface area is 872 Å². The van der Waals surface area contributed by atoms with Crippen molar-refractivity contribution in [3.8, 4) is 78.6 Å². The van der Waals surface area contributed by atoms with Crippen molar-refractivity contribution >= 4 is 86.5 Å². The van der Waals surface area contributed by atoms with Crippen molar-refractivity contribution in [3.05, 3.63) is 654 Å². The molecule has 0 radical (unpaired) electrons. The first-order valence-corrected chi connectivity index (χ1v) is 50.5. The molecule has 9 heteroatoms. The monoisotopic (exact) mass is 1930 g/mol. The van der Waals surface area contributed by atoms with Crippen molar-refractivity contribution in [3.63, 3.8) is 0 Å². The van der Waals surface area contributed by atoms with Crippen LogP contribution in [-0.4, -0.2) is 0 Å². The Kier molecular flexibility index (Phi) is 23.7. The summed E-state index contributed by atoms with van der Waals surface area (Å²) in [6.45, 7) is 12.1. The van der Waals surface area contributed by atoms with E-state index < -0.39 is 16.2 Å². The second-order valence-electron chi connectivity index (χ2n) is 38.3. The highest BCUT2D eigenvalue weighted by Gasteiger charge is 2.51. The Morgan fingerprint density at radius 2 is 0.353 bits per heavy atom. The highest BCUT2D eigenvalue weighted by Crippen LogP contribution is 2.63. The number of ether oxygens (including phenoxy) is 2. The molecule has 0 aliphatic heterocycles. The molecule has 0 bridgehead atoms. The van der Waals surface area contributed by atoms with Crippen molar-refractivity contribution in [2.75, 3.05) is 19.6 Å². The zero-order valence-electron chi connectivity index (χ0n) is 81.9. The number of anilines is 12. The van der Waals surface area contributed by atoms with Gasteiger partial charge >= 0.3 is 0 Å². The summed E-state index contributed by atoms with van der Waals surface area (Å²) in [4.78, 5) is 9.08. The Hall–Kier alpha value is -19.4. The Morgan fingerprint density at radius 3 is 0.627 bits per heavy atom. The predicted molar refractivity (Wildman–Crippen MR) is 611 cm³/mol. The van der Waals surface area contributed by atoms with Gasteiger partial charge in [0.1, 0.15) is 40.4 Å². The third kappa shape index (κ3) is 16.1. The van der Waals surface area contributed by atoms with E-state index in [2.05, 4.69) is 440 Å². The van der Waals surface area contributed by atoms with Crippen LogP contribution in [0, 0.1) is 17.5 Å². The van der Waals surface area contributed by atoms with Crippen LogP contribution < -0.4 is 29.1 Å². The summed E-state index contributed by atoms with van der Waals surface area (Å²) in [6.07, 6.45) is 5.52. The van der Waals surface area contributed by atoms with E-state index in [-0.39, 0.29) is 17.5 Å². The van der Waals surface area contributed by atoms with E-state index in [1.165, 1.54) is 35.4 Å². The summed E-state index contributed by atoms with van der Waals surface area (Å²) in [7, 11) is 0. The topological polar surface area (TPSA) is 31.4 Å². The molecule has 0 saturated carbocycles. The summed E-state index contributed by atoms with van der Waals surface area (Å²) in [5.74, 6) is 1.93. The highest BCUT2D eigenvalue weighted by atomic mass is 19.1. The summed E-state index contributed by atoms with van der Waals surface area (Å²) >= 11 is 0. The summed E-state index contributed by atoms with van der Waals surface area (Å²) < 4.78 is 59.4. The molecule has 0 amide bonds. The van der Waals surface area contributed by atoms with E-state index in [1.54, 1.807) is 12.1 Å². The molecule has 0 saturated heterocycles. The fourth-order valence-corrected chi connectivity index (χ4v) is 23.2. The molecule has 0 N–H and O–H groups in total. The van der Waals surface area contributed by atoms with E-state index in [4.69, 9.17) is 9.47 Å². The van der Waals surface area contributed by atoms with Gasteiger partial charge < -0.3 is 29.1 Å². The van der Waals surface area contributed by atoms with Crippen LogP contribution in [0.1, 0.15) is 83.5 Å². The van der Waals surface area contributed by atoms with Crippen molar-refractivity contribution in [2.24, 2.45) is 0 Å². The van der Waals surface area contributed by atoms with Crippen LogP contribution in [0.2, 0.25) is 0 Å². The average Bonchev–Trinajstić information content (AvgIpc) is 1.51. The van der Waals surface area contributed by atoms with Crippen molar-refractivity contribution in [1.29, 1.82) is 0 Å². The fourth-order valence-electron chi connectivity index (χ4n) is 23.2. The Balaban J connectivity index is 0.545.